The minimum Gasteiger partial charge on any atom is -0.744 e. The minimum atomic E-state index is -4.77. The van der Waals surface area contributed by atoms with Crippen molar-refractivity contribution in [1.29, 1.82) is 0 Å². The number of hydrogen-bond donors (Lipinski definition) is 0. The Morgan fingerprint density at radius 2 is 1.05 bits per heavy atom. The van der Waals surface area contributed by atoms with E-state index in [1.54, 1.807) is 48.6 Å². The summed E-state index contributed by atoms with van der Waals surface area (Å²) in [6, 6.07) is 24.2. The second-order valence-electron chi connectivity index (χ2n) is 8.80. The van der Waals surface area contributed by atoms with Crippen LogP contribution < -0.4 is 9.47 Å². The lowest BCUT2D eigenvalue weighted by molar-refractivity contribution is 0.340. The highest BCUT2D eigenvalue weighted by molar-refractivity contribution is 7.85. The van der Waals surface area contributed by atoms with Crippen LogP contribution in [0.1, 0.15) is 30.5 Å². The number of nitrogens with zero attached hydrogens (tertiary/aromatic N) is 4. The van der Waals surface area contributed by atoms with Crippen molar-refractivity contribution in [2.45, 2.75) is 25.7 Å². The first kappa shape index (κ1) is 29.3. The maximum Gasteiger partial charge on any atom is 0.125 e. The molecule has 0 heterocycles. The van der Waals surface area contributed by atoms with Gasteiger partial charge in [0.2, 0.25) is 0 Å². The Hall–Kier alpha value is -4.67. The summed E-state index contributed by atoms with van der Waals surface area (Å²) in [5.41, 5.74) is 4.14. The van der Waals surface area contributed by atoms with E-state index in [0.29, 0.717) is 36.0 Å². The van der Waals surface area contributed by atoms with Gasteiger partial charge in [-0.3, -0.25) is 0 Å². The SMILES string of the molecule is CCOc1ccc(N=Nc2ccc(/C=C/c3ccc(N=Nc4ccc(OCC)cc4)cc3S(=O)(=O)[O-])c(C)c2)cc1. The Bertz CT molecular complexity index is 1680. The van der Waals surface area contributed by atoms with Crippen LogP contribution in [0.3, 0.4) is 0 Å². The average Bonchev–Trinajstić information content (AvgIpc) is 2.96. The summed E-state index contributed by atoms with van der Waals surface area (Å²) >= 11 is 0. The monoisotopic (exact) mass is 569 g/mol. The molecule has 0 radical (unpaired) electrons. The van der Waals surface area contributed by atoms with E-state index in [4.69, 9.17) is 9.47 Å². The third kappa shape index (κ3) is 8.41. The summed E-state index contributed by atoms with van der Waals surface area (Å²) in [7, 11) is -4.77. The summed E-state index contributed by atoms with van der Waals surface area (Å²) in [4.78, 5) is -0.379. The molecule has 0 aliphatic heterocycles. The molecule has 41 heavy (non-hydrogen) atoms. The number of aryl methyl sites for hydroxylation is 1. The van der Waals surface area contributed by atoms with Crippen molar-refractivity contribution in [1.82, 2.24) is 0 Å². The molecule has 0 fully saturated rings. The Balaban J connectivity index is 1.50. The van der Waals surface area contributed by atoms with Crippen LogP contribution in [0.2, 0.25) is 0 Å². The molecular formula is C31H29N4O5S-. The van der Waals surface area contributed by atoms with E-state index >= 15 is 0 Å². The van der Waals surface area contributed by atoms with Gasteiger partial charge in [-0.15, -0.1) is 0 Å². The highest BCUT2D eigenvalue weighted by atomic mass is 32.2. The second kappa shape index (κ2) is 13.6. The van der Waals surface area contributed by atoms with Crippen molar-refractivity contribution in [2.24, 2.45) is 20.5 Å². The largest absolute Gasteiger partial charge is 0.744 e. The zero-order chi connectivity index (χ0) is 29.2. The molecule has 0 aromatic heterocycles. The quantitative estimate of drug-likeness (QED) is 0.101. The van der Waals surface area contributed by atoms with Gasteiger partial charge in [0.05, 0.1) is 40.9 Å². The highest BCUT2D eigenvalue weighted by Crippen LogP contribution is 2.28. The minimum absolute atomic E-state index is 0.240. The van der Waals surface area contributed by atoms with Crippen LogP contribution >= 0.6 is 0 Å². The van der Waals surface area contributed by atoms with Crippen LogP contribution in [-0.2, 0) is 10.1 Å². The van der Waals surface area contributed by atoms with Crippen LogP contribution in [0.25, 0.3) is 12.2 Å². The van der Waals surface area contributed by atoms with Crippen LogP contribution in [0.4, 0.5) is 22.7 Å². The second-order valence-corrected chi connectivity index (χ2v) is 10.2. The van der Waals surface area contributed by atoms with Gasteiger partial charge in [-0.25, -0.2) is 8.42 Å². The molecule has 0 saturated carbocycles. The molecule has 4 aromatic carbocycles. The fourth-order valence-electron chi connectivity index (χ4n) is 3.81. The Morgan fingerprint density at radius 1 is 0.634 bits per heavy atom. The molecule has 0 N–H and O–H groups in total. The lowest BCUT2D eigenvalue weighted by Crippen LogP contribution is -2.01. The molecule has 10 heteroatoms. The number of ether oxygens (including phenoxy) is 2. The maximum absolute atomic E-state index is 12.0. The third-order valence-electron chi connectivity index (χ3n) is 5.82. The lowest BCUT2D eigenvalue weighted by atomic mass is 10.1. The van der Waals surface area contributed by atoms with E-state index in [1.807, 2.05) is 57.2 Å². The van der Waals surface area contributed by atoms with Crippen LogP contribution in [0.5, 0.6) is 11.5 Å². The van der Waals surface area contributed by atoms with Crippen molar-refractivity contribution in [2.75, 3.05) is 13.2 Å². The first-order chi connectivity index (χ1) is 19.7. The summed E-state index contributed by atoms with van der Waals surface area (Å²) in [6.07, 6.45) is 3.33. The van der Waals surface area contributed by atoms with E-state index < -0.39 is 10.1 Å². The first-order valence-corrected chi connectivity index (χ1v) is 14.3. The molecule has 0 amide bonds. The summed E-state index contributed by atoms with van der Waals surface area (Å²) in [5, 5.41) is 16.8. The highest BCUT2D eigenvalue weighted by Gasteiger charge is 2.09. The van der Waals surface area contributed by atoms with E-state index in [1.165, 1.54) is 12.1 Å². The molecule has 4 aromatic rings. The number of benzene rings is 4. The predicted octanol–water partition coefficient (Wildman–Crippen LogP) is 8.70. The van der Waals surface area contributed by atoms with Gasteiger partial charge < -0.3 is 14.0 Å². The van der Waals surface area contributed by atoms with Gasteiger partial charge in [0.1, 0.15) is 21.6 Å². The van der Waals surface area contributed by atoms with E-state index in [-0.39, 0.29) is 16.1 Å². The van der Waals surface area contributed by atoms with Gasteiger partial charge in [0.15, 0.2) is 0 Å². The zero-order valence-electron chi connectivity index (χ0n) is 22.9. The molecule has 0 aliphatic carbocycles. The van der Waals surface area contributed by atoms with E-state index in [0.717, 1.165) is 16.9 Å². The van der Waals surface area contributed by atoms with Gasteiger partial charge in [-0.1, -0.05) is 24.3 Å². The first-order valence-electron chi connectivity index (χ1n) is 12.9. The molecule has 0 bridgehead atoms. The predicted molar refractivity (Wildman–Crippen MR) is 158 cm³/mol. The molecule has 4 rings (SSSR count). The zero-order valence-corrected chi connectivity index (χ0v) is 23.7. The number of rotatable bonds is 11. The van der Waals surface area contributed by atoms with Crippen molar-refractivity contribution in [3.05, 3.63) is 102 Å². The fraction of sp³-hybridized carbons (Fsp3) is 0.161. The van der Waals surface area contributed by atoms with Gasteiger partial charge in [0.25, 0.3) is 0 Å². The molecule has 0 atom stereocenters. The topological polar surface area (TPSA) is 125 Å². The van der Waals surface area contributed by atoms with Gasteiger partial charge >= 0.3 is 0 Å². The number of hydrogen-bond acceptors (Lipinski definition) is 9. The lowest BCUT2D eigenvalue weighted by Gasteiger charge is -2.11. The molecule has 0 unspecified atom stereocenters. The van der Waals surface area contributed by atoms with Crippen molar-refractivity contribution in [3.8, 4) is 11.5 Å². The van der Waals surface area contributed by atoms with Gasteiger partial charge in [-0.2, -0.15) is 20.5 Å². The van der Waals surface area contributed by atoms with Crippen LogP contribution in [0, 0.1) is 6.92 Å². The fourth-order valence-corrected chi connectivity index (χ4v) is 4.50. The van der Waals surface area contributed by atoms with E-state index in [2.05, 4.69) is 20.5 Å². The molecule has 210 valence electrons. The van der Waals surface area contributed by atoms with Crippen molar-refractivity contribution in [3.63, 3.8) is 0 Å². The van der Waals surface area contributed by atoms with Crippen LogP contribution in [0.15, 0.2) is 110 Å². The summed E-state index contributed by atoms with van der Waals surface area (Å²) in [5.74, 6) is 1.48. The molecule has 9 nitrogen and oxygen atoms in total. The Morgan fingerprint density at radius 3 is 1.51 bits per heavy atom. The third-order valence-corrected chi connectivity index (χ3v) is 6.71. The van der Waals surface area contributed by atoms with Gasteiger partial charge in [-0.05, 0) is 110 Å². The maximum atomic E-state index is 12.0. The Kier molecular flexibility index (Phi) is 9.73. The molecule has 0 aliphatic rings. The molecule has 0 spiro atoms. The normalized spacial score (nSPS) is 12.0. The number of azo groups is 2. The van der Waals surface area contributed by atoms with Gasteiger partial charge in [0, 0.05) is 0 Å². The van der Waals surface area contributed by atoms with Crippen molar-refractivity contribution < 1.29 is 22.4 Å². The molecular weight excluding hydrogens is 540 g/mol. The summed E-state index contributed by atoms with van der Waals surface area (Å²) < 4.78 is 46.9. The molecule has 0 saturated heterocycles. The van der Waals surface area contributed by atoms with Crippen molar-refractivity contribution >= 4 is 45.0 Å². The summed E-state index contributed by atoms with van der Waals surface area (Å²) in [6.45, 7) is 6.87. The Labute approximate surface area is 239 Å². The van der Waals surface area contributed by atoms with E-state index in [9.17, 15) is 13.0 Å². The van der Waals surface area contributed by atoms with Crippen LogP contribution in [-0.4, -0.2) is 26.2 Å². The average molecular weight is 570 g/mol. The smallest absolute Gasteiger partial charge is 0.125 e. The standard InChI is InChI=1S/C31H30N4O5S/c1-4-39-29-16-12-25(13-17-29)32-34-27-10-8-23(22(3)20-27)6-7-24-9-11-28(21-31(24)41(36,37)38)35-33-26-14-18-30(19-15-26)40-5-2/h6-21H,4-5H2,1-3H3,(H,36,37,38)/p-1/b7-6+,34-32?,35-33?.